The topological polar surface area (TPSA) is 106 Å². The Bertz CT molecular complexity index is 899. The lowest BCUT2D eigenvalue weighted by Gasteiger charge is -2.12. The van der Waals surface area contributed by atoms with E-state index in [0.717, 1.165) is 17.2 Å². The zero-order valence-electron chi connectivity index (χ0n) is 12.1. The van der Waals surface area contributed by atoms with Gasteiger partial charge in [0.05, 0.1) is 0 Å². The first kappa shape index (κ1) is 16.5. The Labute approximate surface area is 130 Å². The van der Waals surface area contributed by atoms with Crippen molar-refractivity contribution in [2.24, 2.45) is 5.14 Å². The SMILES string of the molecule is Cc1cc(C)cc(NS(=O)(=O)c2ccccc2S(N)(=O)=O)c1. The molecule has 3 N–H and O–H groups in total. The van der Waals surface area contributed by atoms with Gasteiger partial charge in [-0.2, -0.15) is 0 Å². The Hall–Kier alpha value is -1.90. The number of rotatable bonds is 4. The van der Waals surface area contributed by atoms with Gasteiger partial charge in [0.15, 0.2) is 0 Å². The lowest BCUT2D eigenvalue weighted by molar-refractivity contribution is 0.586. The molecule has 0 spiro atoms. The second kappa shape index (κ2) is 5.71. The van der Waals surface area contributed by atoms with Crippen LogP contribution in [0, 0.1) is 13.8 Å². The minimum absolute atomic E-state index is 0.363. The summed E-state index contributed by atoms with van der Waals surface area (Å²) in [7, 11) is -8.21. The molecule has 0 saturated carbocycles. The van der Waals surface area contributed by atoms with Crippen LogP contribution in [0.1, 0.15) is 11.1 Å². The molecule has 0 atom stereocenters. The monoisotopic (exact) mass is 340 g/mol. The molecular weight excluding hydrogens is 324 g/mol. The van der Waals surface area contributed by atoms with E-state index in [-0.39, 0.29) is 4.90 Å². The maximum Gasteiger partial charge on any atom is 0.263 e. The molecule has 0 aliphatic carbocycles. The van der Waals surface area contributed by atoms with E-state index >= 15 is 0 Å². The molecule has 0 aromatic heterocycles. The minimum Gasteiger partial charge on any atom is -0.280 e. The molecule has 0 saturated heterocycles. The smallest absolute Gasteiger partial charge is 0.263 e. The van der Waals surface area contributed by atoms with Crippen LogP contribution in [0.25, 0.3) is 0 Å². The zero-order chi connectivity index (χ0) is 16.5. The van der Waals surface area contributed by atoms with Crippen molar-refractivity contribution in [2.45, 2.75) is 23.6 Å². The van der Waals surface area contributed by atoms with Gasteiger partial charge in [0.1, 0.15) is 9.79 Å². The van der Waals surface area contributed by atoms with Crippen LogP contribution in [-0.4, -0.2) is 16.8 Å². The number of benzene rings is 2. The molecule has 0 unspecified atom stereocenters. The van der Waals surface area contributed by atoms with E-state index in [2.05, 4.69) is 4.72 Å². The third-order valence-corrected chi connectivity index (χ3v) is 5.46. The first-order chi connectivity index (χ1) is 10.1. The first-order valence-electron chi connectivity index (χ1n) is 6.32. The molecule has 2 aromatic rings. The number of sulfonamides is 2. The summed E-state index contributed by atoms with van der Waals surface area (Å²) in [6.07, 6.45) is 0. The van der Waals surface area contributed by atoms with Crippen molar-refractivity contribution in [1.82, 2.24) is 0 Å². The highest BCUT2D eigenvalue weighted by atomic mass is 32.2. The summed E-state index contributed by atoms with van der Waals surface area (Å²) in [5.41, 5.74) is 2.14. The van der Waals surface area contributed by atoms with Crippen molar-refractivity contribution in [2.75, 3.05) is 4.72 Å². The molecule has 0 aliphatic rings. The van der Waals surface area contributed by atoms with Gasteiger partial charge in [0.25, 0.3) is 10.0 Å². The summed E-state index contributed by atoms with van der Waals surface area (Å²) in [6.45, 7) is 3.67. The van der Waals surface area contributed by atoms with Gasteiger partial charge in [-0.3, -0.25) is 4.72 Å². The fraction of sp³-hybridized carbons (Fsp3) is 0.143. The molecule has 0 amide bonds. The van der Waals surface area contributed by atoms with Crippen molar-refractivity contribution in [1.29, 1.82) is 0 Å². The van der Waals surface area contributed by atoms with Crippen molar-refractivity contribution in [3.05, 3.63) is 53.6 Å². The van der Waals surface area contributed by atoms with Gasteiger partial charge in [0.2, 0.25) is 10.0 Å². The molecule has 22 heavy (non-hydrogen) atoms. The third kappa shape index (κ3) is 3.65. The van der Waals surface area contributed by atoms with Crippen molar-refractivity contribution < 1.29 is 16.8 Å². The van der Waals surface area contributed by atoms with Crippen LogP contribution in [0.15, 0.2) is 52.3 Å². The quantitative estimate of drug-likeness (QED) is 0.884. The van der Waals surface area contributed by atoms with Gasteiger partial charge >= 0.3 is 0 Å². The van der Waals surface area contributed by atoms with E-state index < -0.39 is 24.9 Å². The summed E-state index contributed by atoms with van der Waals surface area (Å²) in [5.74, 6) is 0. The van der Waals surface area contributed by atoms with Gasteiger partial charge in [-0.1, -0.05) is 18.2 Å². The predicted molar refractivity (Wildman–Crippen MR) is 84.5 cm³/mol. The minimum atomic E-state index is -4.14. The summed E-state index contributed by atoms with van der Waals surface area (Å²) in [6, 6.07) is 10.4. The van der Waals surface area contributed by atoms with E-state index in [1.54, 1.807) is 12.1 Å². The Morgan fingerprint density at radius 1 is 0.864 bits per heavy atom. The van der Waals surface area contributed by atoms with Crippen LogP contribution < -0.4 is 9.86 Å². The number of anilines is 1. The van der Waals surface area contributed by atoms with E-state index in [1.165, 1.54) is 18.2 Å². The normalized spacial score (nSPS) is 12.1. The first-order valence-corrected chi connectivity index (χ1v) is 9.35. The Balaban J connectivity index is 2.53. The molecule has 0 fully saturated rings. The second-order valence-corrected chi connectivity index (χ2v) is 8.15. The summed E-state index contributed by atoms with van der Waals surface area (Å²) in [4.78, 5) is -0.816. The number of hydrogen-bond acceptors (Lipinski definition) is 4. The lowest BCUT2D eigenvalue weighted by atomic mass is 10.1. The second-order valence-electron chi connectivity index (χ2n) is 4.97. The van der Waals surface area contributed by atoms with Crippen LogP contribution in [0.2, 0.25) is 0 Å². The molecule has 0 aliphatic heterocycles. The van der Waals surface area contributed by atoms with Crippen LogP contribution >= 0.6 is 0 Å². The number of hydrogen-bond donors (Lipinski definition) is 2. The molecule has 0 bridgehead atoms. The van der Waals surface area contributed by atoms with Crippen LogP contribution in [0.4, 0.5) is 5.69 Å². The Kier molecular flexibility index (Phi) is 4.28. The maximum atomic E-state index is 12.5. The van der Waals surface area contributed by atoms with E-state index in [4.69, 9.17) is 5.14 Å². The fourth-order valence-electron chi connectivity index (χ4n) is 2.15. The highest BCUT2D eigenvalue weighted by Gasteiger charge is 2.24. The average molecular weight is 340 g/mol. The standard InChI is InChI=1S/C14H16N2O4S2/c1-10-7-11(2)9-12(8-10)16-22(19,20)14-6-4-3-5-13(14)21(15,17)18/h3-9,16H,1-2H3,(H2,15,17,18). The molecule has 8 heteroatoms. The Morgan fingerprint density at radius 2 is 1.36 bits per heavy atom. The Morgan fingerprint density at radius 3 is 1.86 bits per heavy atom. The number of aryl methyl sites for hydroxylation is 2. The molecular formula is C14H16N2O4S2. The maximum absolute atomic E-state index is 12.5. The van der Waals surface area contributed by atoms with Gasteiger partial charge < -0.3 is 0 Å². The van der Waals surface area contributed by atoms with Crippen LogP contribution in [0.3, 0.4) is 0 Å². The molecule has 2 rings (SSSR count). The highest BCUT2D eigenvalue weighted by molar-refractivity contribution is 7.94. The molecule has 6 nitrogen and oxygen atoms in total. The van der Waals surface area contributed by atoms with Crippen molar-refractivity contribution in [3.8, 4) is 0 Å². The third-order valence-electron chi connectivity index (χ3n) is 2.92. The molecule has 118 valence electrons. The fourth-order valence-corrected chi connectivity index (χ4v) is 4.57. The zero-order valence-corrected chi connectivity index (χ0v) is 13.7. The molecule has 2 aromatic carbocycles. The summed E-state index contributed by atoms with van der Waals surface area (Å²) in [5, 5.41) is 5.08. The number of primary sulfonamides is 1. The highest BCUT2D eigenvalue weighted by Crippen LogP contribution is 2.23. The van der Waals surface area contributed by atoms with Gasteiger partial charge in [0, 0.05) is 5.69 Å². The van der Waals surface area contributed by atoms with Crippen LogP contribution in [0.5, 0.6) is 0 Å². The largest absolute Gasteiger partial charge is 0.280 e. The van der Waals surface area contributed by atoms with E-state index in [9.17, 15) is 16.8 Å². The van der Waals surface area contributed by atoms with Gasteiger partial charge in [-0.05, 0) is 49.2 Å². The predicted octanol–water partition coefficient (Wildman–Crippen LogP) is 1.75. The van der Waals surface area contributed by atoms with E-state index in [0.29, 0.717) is 5.69 Å². The van der Waals surface area contributed by atoms with Crippen LogP contribution in [-0.2, 0) is 20.0 Å². The van der Waals surface area contributed by atoms with E-state index in [1.807, 2.05) is 19.9 Å². The summed E-state index contributed by atoms with van der Waals surface area (Å²) < 4.78 is 50.4. The van der Waals surface area contributed by atoms with Crippen molar-refractivity contribution >= 4 is 25.7 Å². The van der Waals surface area contributed by atoms with Gasteiger partial charge in [-0.15, -0.1) is 0 Å². The molecule has 0 radical (unpaired) electrons. The van der Waals surface area contributed by atoms with Crippen molar-refractivity contribution in [3.63, 3.8) is 0 Å². The number of nitrogens with one attached hydrogen (secondary N) is 1. The molecule has 0 heterocycles. The number of nitrogens with two attached hydrogens (primary N) is 1. The lowest BCUT2D eigenvalue weighted by Crippen LogP contribution is -2.20. The van der Waals surface area contributed by atoms with Gasteiger partial charge in [-0.25, -0.2) is 22.0 Å². The summed E-state index contributed by atoms with van der Waals surface area (Å²) >= 11 is 0. The average Bonchev–Trinajstić information content (AvgIpc) is 2.36.